The minimum Gasteiger partial charge on any atom is -0.481 e. The Morgan fingerprint density at radius 2 is 1.79 bits per heavy atom. The van der Waals surface area contributed by atoms with Crippen molar-refractivity contribution in [3.8, 4) is 0 Å². The molecule has 10 heteroatoms. The fourth-order valence-corrected chi connectivity index (χ4v) is 3.44. The van der Waals surface area contributed by atoms with Gasteiger partial charge in [0, 0.05) is 58.6 Å². The van der Waals surface area contributed by atoms with Gasteiger partial charge in [-0.15, -0.1) is 0 Å². The molecule has 0 saturated carbocycles. The number of carboxylic acid groups (broad SMARTS) is 1. The first-order valence-electron chi connectivity index (χ1n) is 9.40. The second-order valence-corrected chi connectivity index (χ2v) is 7.08. The number of ether oxygens (including phenoxy) is 1. The molecule has 28 heavy (non-hydrogen) atoms. The summed E-state index contributed by atoms with van der Waals surface area (Å²) in [6, 6.07) is 0. The van der Waals surface area contributed by atoms with Crippen LogP contribution < -0.4 is 10.5 Å². The van der Waals surface area contributed by atoms with E-state index in [2.05, 4.69) is 14.9 Å². The van der Waals surface area contributed by atoms with Crippen LogP contribution in [0.25, 0.3) is 0 Å². The van der Waals surface area contributed by atoms with E-state index in [1.165, 1.54) is 6.20 Å². The predicted molar refractivity (Wildman–Crippen MR) is 103 cm³/mol. The molecule has 3 heterocycles. The van der Waals surface area contributed by atoms with E-state index in [0.29, 0.717) is 38.5 Å². The summed E-state index contributed by atoms with van der Waals surface area (Å²) in [5.74, 6) is -0.258. The van der Waals surface area contributed by atoms with Crippen molar-refractivity contribution in [2.45, 2.75) is 33.0 Å². The molecule has 2 N–H and O–H groups in total. The summed E-state index contributed by atoms with van der Waals surface area (Å²) in [7, 11) is 0. The standard InChI is InChI=1S/C16H25N5O3.C2H4O2/c1-12-9-19(10-13(2)24-12)11-14(22)20-5-7-21(8-6-20)15-16(23)18-4-3-17-15;1-2(3)4/h3-4,12-13H,5-11H2,1-2H3,(H,18,23);1H3,(H,3,4)/t12-,13+;. The molecular formula is C18H29N5O5. The van der Waals surface area contributed by atoms with Crippen molar-refractivity contribution >= 4 is 17.7 Å². The maximum atomic E-state index is 12.5. The first-order chi connectivity index (χ1) is 13.3. The molecule has 1 amide bonds. The molecule has 10 nitrogen and oxygen atoms in total. The van der Waals surface area contributed by atoms with E-state index in [-0.39, 0.29) is 23.7 Å². The van der Waals surface area contributed by atoms with Gasteiger partial charge in [0.2, 0.25) is 5.91 Å². The van der Waals surface area contributed by atoms with Crippen LogP contribution in [0, 0.1) is 0 Å². The zero-order chi connectivity index (χ0) is 20.7. The van der Waals surface area contributed by atoms with Gasteiger partial charge in [-0.25, -0.2) is 4.98 Å². The molecule has 2 aliphatic rings. The van der Waals surface area contributed by atoms with Gasteiger partial charge >= 0.3 is 0 Å². The van der Waals surface area contributed by atoms with Crippen molar-refractivity contribution in [3.63, 3.8) is 0 Å². The molecule has 0 aliphatic carbocycles. The molecule has 2 saturated heterocycles. The van der Waals surface area contributed by atoms with Gasteiger partial charge in [0.05, 0.1) is 18.8 Å². The topological polar surface area (TPSA) is 119 Å². The van der Waals surface area contributed by atoms with Crippen LogP contribution in [0.3, 0.4) is 0 Å². The molecule has 3 rings (SSSR count). The summed E-state index contributed by atoms with van der Waals surface area (Å²) in [6.45, 7) is 9.66. The first-order valence-corrected chi connectivity index (χ1v) is 9.40. The van der Waals surface area contributed by atoms with Crippen LogP contribution in [0.15, 0.2) is 17.2 Å². The van der Waals surface area contributed by atoms with Gasteiger partial charge in [-0.2, -0.15) is 0 Å². The van der Waals surface area contributed by atoms with E-state index >= 15 is 0 Å². The highest BCUT2D eigenvalue weighted by molar-refractivity contribution is 5.78. The largest absolute Gasteiger partial charge is 0.481 e. The summed E-state index contributed by atoms with van der Waals surface area (Å²) < 4.78 is 5.70. The van der Waals surface area contributed by atoms with Gasteiger partial charge in [-0.1, -0.05) is 0 Å². The number of H-pyrrole nitrogens is 1. The van der Waals surface area contributed by atoms with Crippen molar-refractivity contribution < 1.29 is 19.4 Å². The Balaban J connectivity index is 0.000000640. The monoisotopic (exact) mass is 395 g/mol. The van der Waals surface area contributed by atoms with E-state index < -0.39 is 5.97 Å². The molecule has 2 fully saturated rings. The predicted octanol–water partition coefficient (Wildman–Crippen LogP) is -0.381. The van der Waals surface area contributed by atoms with Gasteiger partial charge in [-0.05, 0) is 13.8 Å². The fraction of sp³-hybridized carbons (Fsp3) is 0.667. The number of hydrogen-bond acceptors (Lipinski definition) is 7. The number of hydrogen-bond donors (Lipinski definition) is 2. The molecule has 1 aromatic heterocycles. The van der Waals surface area contributed by atoms with Crippen LogP contribution in [0.4, 0.5) is 5.82 Å². The second kappa shape index (κ2) is 10.2. The van der Waals surface area contributed by atoms with E-state index in [1.807, 2.05) is 23.6 Å². The minimum atomic E-state index is -0.833. The molecule has 2 atom stereocenters. The second-order valence-electron chi connectivity index (χ2n) is 7.08. The van der Waals surface area contributed by atoms with Crippen molar-refractivity contribution in [1.29, 1.82) is 0 Å². The summed E-state index contributed by atoms with van der Waals surface area (Å²) in [5, 5.41) is 7.42. The van der Waals surface area contributed by atoms with Crippen LogP contribution in [0.2, 0.25) is 0 Å². The Labute approximate surface area is 164 Å². The van der Waals surface area contributed by atoms with Gasteiger partial charge in [0.25, 0.3) is 11.5 Å². The number of amides is 1. The number of carbonyl (C=O) groups is 2. The molecule has 0 spiro atoms. The van der Waals surface area contributed by atoms with Crippen molar-refractivity contribution in [2.24, 2.45) is 0 Å². The van der Waals surface area contributed by atoms with Crippen LogP contribution in [0.1, 0.15) is 20.8 Å². The van der Waals surface area contributed by atoms with Crippen molar-refractivity contribution in [2.75, 3.05) is 50.7 Å². The quantitative estimate of drug-likeness (QED) is 0.711. The van der Waals surface area contributed by atoms with E-state index in [0.717, 1.165) is 20.0 Å². The minimum absolute atomic E-state index is 0.144. The molecule has 156 valence electrons. The third kappa shape index (κ3) is 6.61. The summed E-state index contributed by atoms with van der Waals surface area (Å²) in [5.41, 5.74) is -0.187. The smallest absolute Gasteiger partial charge is 0.300 e. The Bertz CT molecular complexity index is 702. The maximum absolute atomic E-state index is 12.5. The molecule has 0 bridgehead atoms. The van der Waals surface area contributed by atoms with Crippen LogP contribution in [-0.2, 0) is 14.3 Å². The number of piperazine rings is 1. The van der Waals surface area contributed by atoms with Crippen LogP contribution >= 0.6 is 0 Å². The van der Waals surface area contributed by atoms with Gasteiger partial charge in [0.1, 0.15) is 0 Å². The van der Waals surface area contributed by atoms with Crippen LogP contribution in [-0.4, -0.2) is 94.8 Å². The number of nitrogens with zero attached hydrogens (tertiary/aromatic N) is 4. The third-order valence-electron chi connectivity index (χ3n) is 4.47. The Morgan fingerprint density at radius 1 is 1.21 bits per heavy atom. The number of aliphatic carboxylic acids is 1. The van der Waals surface area contributed by atoms with E-state index in [1.54, 1.807) is 6.20 Å². The zero-order valence-corrected chi connectivity index (χ0v) is 16.6. The number of carbonyl (C=O) groups excluding carboxylic acids is 1. The number of carboxylic acids is 1. The highest BCUT2D eigenvalue weighted by Gasteiger charge is 2.27. The number of aromatic nitrogens is 2. The maximum Gasteiger partial charge on any atom is 0.300 e. The average Bonchev–Trinajstić information content (AvgIpc) is 2.61. The lowest BCUT2D eigenvalue weighted by atomic mass is 10.2. The van der Waals surface area contributed by atoms with Gasteiger partial charge in [0.15, 0.2) is 5.82 Å². The number of rotatable bonds is 3. The molecule has 2 aliphatic heterocycles. The number of morpholine rings is 1. The molecular weight excluding hydrogens is 366 g/mol. The van der Waals surface area contributed by atoms with Crippen molar-refractivity contribution in [3.05, 3.63) is 22.7 Å². The Morgan fingerprint density at radius 3 is 2.32 bits per heavy atom. The molecule has 0 unspecified atom stereocenters. The lowest BCUT2D eigenvalue weighted by molar-refractivity contribution is -0.136. The van der Waals surface area contributed by atoms with E-state index in [9.17, 15) is 9.59 Å². The van der Waals surface area contributed by atoms with E-state index in [4.69, 9.17) is 14.6 Å². The lowest BCUT2D eigenvalue weighted by Gasteiger charge is -2.38. The zero-order valence-electron chi connectivity index (χ0n) is 16.6. The van der Waals surface area contributed by atoms with Crippen LogP contribution in [0.5, 0.6) is 0 Å². The summed E-state index contributed by atoms with van der Waals surface area (Å²) in [4.78, 5) is 46.1. The molecule has 0 aromatic carbocycles. The normalized spacial score (nSPS) is 23.0. The lowest BCUT2D eigenvalue weighted by Crippen LogP contribution is -2.54. The summed E-state index contributed by atoms with van der Waals surface area (Å²) in [6.07, 6.45) is 3.42. The third-order valence-corrected chi connectivity index (χ3v) is 4.47. The Kier molecular flexibility index (Phi) is 7.94. The molecule has 0 radical (unpaired) electrons. The fourth-order valence-electron chi connectivity index (χ4n) is 3.44. The van der Waals surface area contributed by atoms with Crippen molar-refractivity contribution in [1.82, 2.24) is 19.8 Å². The van der Waals surface area contributed by atoms with Gasteiger partial charge in [-0.3, -0.25) is 19.3 Å². The number of anilines is 1. The highest BCUT2D eigenvalue weighted by atomic mass is 16.5. The number of aromatic amines is 1. The highest BCUT2D eigenvalue weighted by Crippen LogP contribution is 2.12. The molecule has 1 aromatic rings. The summed E-state index contributed by atoms with van der Waals surface area (Å²) >= 11 is 0. The SMILES string of the molecule is CC(=O)O.C[C@@H]1CN(CC(=O)N2CCN(c3ncc[nH]c3=O)CC2)C[C@H](C)O1. The van der Waals surface area contributed by atoms with Gasteiger partial charge < -0.3 is 24.6 Å². The number of nitrogens with one attached hydrogen (secondary N) is 1. The first kappa shape index (κ1) is 21.8. The average molecular weight is 395 g/mol. The Hall–Kier alpha value is -2.46.